The second-order valence-electron chi connectivity index (χ2n) is 6.90. The van der Waals surface area contributed by atoms with Crippen molar-refractivity contribution in [1.82, 2.24) is 4.90 Å². The third-order valence-electron chi connectivity index (χ3n) is 4.85. The van der Waals surface area contributed by atoms with E-state index >= 15 is 0 Å². The third kappa shape index (κ3) is 3.45. The molecule has 2 heteroatoms. The Labute approximate surface area is 107 Å². The van der Waals surface area contributed by atoms with E-state index in [9.17, 15) is 0 Å². The molecule has 2 aliphatic rings. The summed E-state index contributed by atoms with van der Waals surface area (Å²) in [5.41, 5.74) is 6.55. The molecule has 0 radical (unpaired) electrons. The molecule has 0 aromatic rings. The van der Waals surface area contributed by atoms with Gasteiger partial charge in [-0.2, -0.15) is 0 Å². The van der Waals surface area contributed by atoms with E-state index < -0.39 is 0 Å². The average molecular weight is 238 g/mol. The Hall–Kier alpha value is -0.0800. The smallest absolute Gasteiger partial charge is 0.00503 e. The van der Waals surface area contributed by atoms with Crippen molar-refractivity contribution in [3.8, 4) is 0 Å². The molecule has 1 saturated heterocycles. The van der Waals surface area contributed by atoms with Crippen molar-refractivity contribution in [2.75, 3.05) is 26.2 Å². The summed E-state index contributed by atoms with van der Waals surface area (Å²) in [7, 11) is 0. The van der Waals surface area contributed by atoms with Gasteiger partial charge in [0.15, 0.2) is 0 Å². The largest absolute Gasteiger partial charge is 0.330 e. The Balaban J connectivity index is 1.93. The number of likely N-dealkylation sites (tertiary alicyclic amines) is 1. The number of hydrogen-bond acceptors (Lipinski definition) is 2. The number of nitrogens with zero attached hydrogens (tertiary/aromatic N) is 1. The van der Waals surface area contributed by atoms with Crippen LogP contribution in [0.25, 0.3) is 0 Å². The molecule has 100 valence electrons. The molecule has 2 rings (SSSR count). The molecule has 1 saturated carbocycles. The molecule has 1 aliphatic carbocycles. The molecule has 2 atom stereocenters. The average Bonchev–Trinajstić information content (AvgIpc) is 2.29. The van der Waals surface area contributed by atoms with Crippen molar-refractivity contribution in [3.63, 3.8) is 0 Å². The van der Waals surface area contributed by atoms with E-state index in [4.69, 9.17) is 5.73 Å². The first-order valence-corrected chi connectivity index (χ1v) is 7.56. The van der Waals surface area contributed by atoms with E-state index in [1.807, 2.05) is 0 Å². The van der Waals surface area contributed by atoms with Crippen molar-refractivity contribution in [1.29, 1.82) is 0 Å². The number of hydrogen-bond donors (Lipinski definition) is 1. The van der Waals surface area contributed by atoms with E-state index in [1.54, 1.807) is 0 Å². The van der Waals surface area contributed by atoms with Gasteiger partial charge in [0.05, 0.1) is 0 Å². The minimum Gasteiger partial charge on any atom is -0.330 e. The van der Waals surface area contributed by atoms with Gasteiger partial charge in [0, 0.05) is 19.6 Å². The summed E-state index contributed by atoms with van der Waals surface area (Å²) in [6.45, 7) is 9.56. The Morgan fingerprint density at radius 3 is 2.18 bits per heavy atom. The first-order valence-electron chi connectivity index (χ1n) is 7.56. The van der Waals surface area contributed by atoms with Gasteiger partial charge >= 0.3 is 0 Å². The predicted molar refractivity (Wildman–Crippen MR) is 74.0 cm³/mol. The Bertz CT molecular complexity index is 223. The van der Waals surface area contributed by atoms with Gasteiger partial charge in [-0.15, -0.1) is 0 Å². The van der Waals surface area contributed by atoms with Crippen LogP contribution >= 0.6 is 0 Å². The quantitative estimate of drug-likeness (QED) is 0.819. The van der Waals surface area contributed by atoms with Crippen LogP contribution in [0, 0.1) is 17.3 Å². The normalized spacial score (nSPS) is 34.8. The Kier molecular flexibility index (Phi) is 4.48. The summed E-state index contributed by atoms with van der Waals surface area (Å²) in [4.78, 5) is 2.71. The van der Waals surface area contributed by atoms with E-state index in [1.165, 1.54) is 58.2 Å². The molecule has 17 heavy (non-hydrogen) atoms. The molecule has 0 spiro atoms. The van der Waals surface area contributed by atoms with Gasteiger partial charge in [0.1, 0.15) is 0 Å². The summed E-state index contributed by atoms with van der Waals surface area (Å²) in [5.74, 6) is 1.74. The Morgan fingerprint density at radius 2 is 1.65 bits per heavy atom. The lowest BCUT2D eigenvalue weighted by Gasteiger charge is -2.44. The van der Waals surface area contributed by atoms with Crippen molar-refractivity contribution >= 4 is 0 Å². The highest BCUT2D eigenvalue weighted by Gasteiger charge is 2.34. The maximum atomic E-state index is 6.10. The molecular formula is C15H30N2. The second-order valence-corrected chi connectivity index (χ2v) is 6.90. The number of piperidine rings is 1. The third-order valence-corrected chi connectivity index (χ3v) is 4.85. The van der Waals surface area contributed by atoms with Gasteiger partial charge < -0.3 is 10.6 Å². The van der Waals surface area contributed by atoms with Crippen LogP contribution in [0.1, 0.15) is 52.4 Å². The maximum Gasteiger partial charge on any atom is 0.00503 e. The topological polar surface area (TPSA) is 29.3 Å². The molecule has 0 aromatic heterocycles. The number of rotatable bonds is 3. The van der Waals surface area contributed by atoms with Gasteiger partial charge in [0.25, 0.3) is 0 Å². The molecule has 2 nitrogen and oxygen atoms in total. The van der Waals surface area contributed by atoms with E-state index in [2.05, 4.69) is 18.7 Å². The molecule has 0 bridgehead atoms. The summed E-state index contributed by atoms with van der Waals surface area (Å²) in [5, 5.41) is 0. The highest BCUT2D eigenvalue weighted by atomic mass is 15.1. The SMILES string of the molecule is CC1CC(C)CN(CC2(CN)CCCCC2)C1. The fraction of sp³-hybridized carbons (Fsp3) is 1.00. The fourth-order valence-corrected chi connectivity index (χ4v) is 4.12. The minimum absolute atomic E-state index is 0.453. The summed E-state index contributed by atoms with van der Waals surface area (Å²) < 4.78 is 0. The van der Waals surface area contributed by atoms with Gasteiger partial charge in [-0.25, -0.2) is 0 Å². The first-order chi connectivity index (χ1) is 8.13. The van der Waals surface area contributed by atoms with Gasteiger partial charge in [0.2, 0.25) is 0 Å². The lowest BCUT2D eigenvalue weighted by Crippen LogP contribution is -2.48. The molecule has 2 fully saturated rings. The van der Waals surface area contributed by atoms with Gasteiger partial charge in [-0.3, -0.25) is 0 Å². The lowest BCUT2D eigenvalue weighted by molar-refractivity contribution is 0.0636. The van der Waals surface area contributed by atoms with Crippen LogP contribution in [0.2, 0.25) is 0 Å². The van der Waals surface area contributed by atoms with Crippen LogP contribution in [0.5, 0.6) is 0 Å². The lowest BCUT2D eigenvalue weighted by atomic mass is 9.73. The molecule has 1 aliphatic heterocycles. The maximum absolute atomic E-state index is 6.10. The Morgan fingerprint density at radius 1 is 1.06 bits per heavy atom. The second kappa shape index (κ2) is 5.71. The van der Waals surface area contributed by atoms with Crippen molar-refractivity contribution in [3.05, 3.63) is 0 Å². The van der Waals surface area contributed by atoms with Crippen LogP contribution in [0.15, 0.2) is 0 Å². The molecule has 0 amide bonds. The molecule has 0 aromatic carbocycles. The predicted octanol–water partition coefficient (Wildman–Crippen LogP) is 2.87. The van der Waals surface area contributed by atoms with Crippen LogP contribution in [-0.4, -0.2) is 31.1 Å². The summed E-state index contributed by atoms with van der Waals surface area (Å²) in [6, 6.07) is 0. The summed E-state index contributed by atoms with van der Waals surface area (Å²) in [6.07, 6.45) is 8.36. The minimum atomic E-state index is 0.453. The zero-order valence-corrected chi connectivity index (χ0v) is 11.8. The van der Waals surface area contributed by atoms with E-state index in [0.717, 1.165) is 18.4 Å². The van der Waals surface area contributed by atoms with Crippen molar-refractivity contribution in [2.45, 2.75) is 52.4 Å². The van der Waals surface area contributed by atoms with Crippen LogP contribution in [0.3, 0.4) is 0 Å². The number of nitrogens with two attached hydrogens (primary N) is 1. The highest BCUT2D eigenvalue weighted by molar-refractivity contribution is 4.88. The van der Waals surface area contributed by atoms with E-state index in [0.29, 0.717) is 5.41 Å². The van der Waals surface area contributed by atoms with Gasteiger partial charge in [-0.05, 0) is 43.1 Å². The zero-order chi connectivity index (χ0) is 12.3. The van der Waals surface area contributed by atoms with Crippen LogP contribution in [0.4, 0.5) is 0 Å². The first kappa shape index (κ1) is 13.4. The summed E-state index contributed by atoms with van der Waals surface area (Å²) >= 11 is 0. The van der Waals surface area contributed by atoms with Crippen molar-refractivity contribution < 1.29 is 0 Å². The molecule has 2 N–H and O–H groups in total. The van der Waals surface area contributed by atoms with Crippen LogP contribution in [-0.2, 0) is 0 Å². The van der Waals surface area contributed by atoms with Crippen LogP contribution < -0.4 is 5.73 Å². The molecule has 2 unspecified atom stereocenters. The van der Waals surface area contributed by atoms with Crippen molar-refractivity contribution in [2.24, 2.45) is 23.0 Å². The fourth-order valence-electron chi connectivity index (χ4n) is 4.12. The zero-order valence-electron chi connectivity index (χ0n) is 11.8. The monoisotopic (exact) mass is 238 g/mol. The molecular weight excluding hydrogens is 208 g/mol. The highest BCUT2D eigenvalue weighted by Crippen LogP contribution is 2.37. The molecule has 1 heterocycles. The standard InChI is InChI=1S/C15H30N2/c1-13-8-14(2)10-17(9-13)12-15(11-16)6-4-3-5-7-15/h13-14H,3-12,16H2,1-2H3. The van der Waals surface area contributed by atoms with E-state index in [-0.39, 0.29) is 0 Å². The van der Waals surface area contributed by atoms with Gasteiger partial charge in [-0.1, -0.05) is 33.1 Å².